The van der Waals surface area contributed by atoms with Crippen LogP contribution in [0.25, 0.3) is 88.7 Å². The predicted octanol–water partition coefficient (Wildman–Crippen LogP) is 17.2. The molecule has 2 heterocycles. The monoisotopic (exact) mass is 953 g/mol. The van der Waals surface area contributed by atoms with Crippen molar-refractivity contribution in [3.63, 3.8) is 0 Å². The van der Waals surface area contributed by atoms with Crippen molar-refractivity contribution in [3.8, 4) is 67.9 Å². The van der Waals surface area contributed by atoms with Gasteiger partial charge in [0.1, 0.15) is 11.5 Å². The minimum atomic E-state index is -0.628. The predicted molar refractivity (Wildman–Crippen MR) is 303 cm³/mol. The summed E-state index contributed by atoms with van der Waals surface area (Å²) in [5.41, 5.74) is 16.0. The molecule has 348 valence electrons. The van der Waals surface area contributed by atoms with Crippen LogP contribution in [0, 0.1) is 0 Å². The van der Waals surface area contributed by atoms with Crippen LogP contribution in [0.5, 0.6) is 11.5 Å². The Morgan fingerprint density at radius 1 is 0.227 bits per heavy atom. The van der Waals surface area contributed by atoms with Crippen molar-refractivity contribution < 1.29 is 4.74 Å². The average Bonchev–Trinajstić information content (AvgIpc) is 3.83. The normalized spacial score (nSPS) is 13.9. The van der Waals surface area contributed by atoms with Crippen molar-refractivity contribution in [3.05, 3.63) is 305 Å². The molecular formula is C71H43N3O. The Morgan fingerprint density at radius 3 is 1.23 bits per heavy atom. The Hall–Kier alpha value is -9.77. The lowest BCUT2D eigenvalue weighted by Crippen LogP contribution is -2.45. The second-order valence-electron chi connectivity index (χ2n) is 20.1. The van der Waals surface area contributed by atoms with Crippen molar-refractivity contribution in [2.24, 2.45) is 0 Å². The lowest BCUT2D eigenvalue weighted by Gasteiger charge is -2.51. The Kier molecular flexibility index (Phi) is 8.84. The Morgan fingerprint density at radius 2 is 0.627 bits per heavy atom. The van der Waals surface area contributed by atoms with Crippen LogP contribution in [0.15, 0.2) is 261 Å². The fourth-order valence-electron chi connectivity index (χ4n) is 13.5. The first-order chi connectivity index (χ1) is 37.2. The van der Waals surface area contributed by atoms with E-state index in [1.807, 2.05) is 18.2 Å². The third-order valence-electron chi connectivity index (χ3n) is 16.5. The lowest BCUT2D eigenvalue weighted by atomic mass is 9.51. The van der Waals surface area contributed by atoms with E-state index in [9.17, 15) is 0 Å². The SMILES string of the molecule is c1ccc(-c2nc(-c3ccc4c5ccccc5c5ccccc5c4c3)nc(-c3ccccc3-c3ccc4c(c3)-c3ccccc3C43c4ccccc4C4(c5ccccc5Oc5ccccc54)c4ccccc43)n2)cc1. The van der Waals surface area contributed by atoms with Gasteiger partial charge in [-0.05, 0) is 112 Å². The van der Waals surface area contributed by atoms with Crippen molar-refractivity contribution >= 4 is 32.3 Å². The van der Waals surface area contributed by atoms with Crippen LogP contribution in [0.1, 0.15) is 44.5 Å². The van der Waals surface area contributed by atoms with E-state index in [0.717, 1.165) is 50.4 Å². The number of hydrogen-bond donors (Lipinski definition) is 0. The number of fused-ring (bicyclic) bond motifs is 21. The molecule has 75 heavy (non-hydrogen) atoms. The second kappa shape index (κ2) is 15.9. The molecule has 0 saturated heterocycles. The van der Waals surface area contributed by atoms with Gasteiger partial charge in [-0.3, -0.25) is 0 Å². The van der Waals surface area contributed by atoms with Crippen LogP contribution in [-0.4, -0.2) is 15.0 Å². The molecule has 4 heteroatoms. The first-order valence-electron chi connectivity index (χ1n) is 25.8. The summed E-state index contributed by atoms with van der Waals surface area (Å²) < 4.78 is 6.75. The van der Waals surface area contributed by atoms with Crippen molar-refractivity contribution in [1.29, 1.82) is 0 Å². The van der Waals surface area contributed by atoms with E-state index >= 15 is 0 Å². The topological polar surface area (TPSA) is 47.9 Å². The van der Waals surface area contributed by atoms with Crippen LogP contribution in [0.3, 0.4) is 0 Å². The van der Waals surface area contributed by atoms with Gasteiger partial charge in [0.15, 0.2) is 17.5 Å². The second-order valence-corrected chi connectivity index (χ2v) is 20.1. The van der Waals surface area contributed by atoms with Gasteiger partial charge in [-0.2, -0.15) is 0 Å². The molecule has 16 rings (SSSR count). The van der Waals surface area contributed by atoms with Crippen molar-refractivity contribution in [2.45, 2.75) is 10.8 Å². The van der Waals surface area contributed by atoms with Gasteiger partial charge in [0, 0.05) is 27.8 Å². The Balaban J connectivity index is 0.899. The van der Waals surface area contributed by atoms with Gasteiger partial charge in [0.2, 0.25) is 0 Å². The zero-order valence-electron chi connectivity index (χ0n) is 40.6. The third-order valence-corrected chi connectivity index (χ3v) is 16.5. The van der Waals surface area contributed by atoms with E-state index in [2.05, 4.69) is 243 Å². The molecule has 0 N–H and O–H groups in total. The van der Waals surface area contributed by atoms with Gasteiger partial charge in [-0.15, -0.1) is 0 Å². The van der Waals surface area contributed by atoms with E-state index in [-0.39, 0.29) is 0 Å². The van der Waals surface area contributed by atoms with E-state index in [0.29, 0.717) is 17.5 Å². The molecule has 0 atom stereocenters. The van der Waals surface area contributed by atoms with E-state index in [4.69, 9.17) is 19.7 Å². The summed E-state index contributed by atoms with van der Waals surface area (Å²) in [4.78, 5) is 15.9. The van der Waals surface area contributed by atoms with Gasteiger partial charge in [-0.1, -0.05) is 237 Å². The molecule has 0 unspecified atom stereocenters. The maximum absolute atomic E-state index is 6.75. The van der Waals surface area contributed by atoms with Gasteiger partial charge < -0.3 is 4.74 Å². The Bertz CT molecular complexity index is 4410. The number of benzene rings is 12. The molecule has 0 fully saturated rings. The number of ether oxygens (including phenoxy) is 1. The number of aromatic nitrogens is 3. The van der Waals surface area contributed by atoms with Gasteiger partial charge in [-0.25, -0.2) is 15.0 Å². The summed E-state index contributed by atoms with van der Waals surface area (Å²) in [6, 6.07) is 94.7. The largest absolute Gasteiger partial charge is 0.457 e. The molecule has 4 nitrogen and oxygen atoms in total. The fourth-order valence-corrected chi connectivity index (χ4v) is 13.5. The minimum absolute atomic E-state index is 0.615. The Labute approximate surface area is 433 Å². The summed E-state index contributed by atoms with van der Waals surface area (Å²) >= 11 is 0. The van der Waals surface area contributed by atoms with E-state index < -0.39 is 10.8 Å². The number of para-hydroxylation sites is 2. The molecule has 0 bridgehead atoms. The first-order valence-corrected chi connectivity index (χ1v) is 25.8. The zero-order chi connectivity index (χ0) is 49.2. The van der Waals surface area contributed by atoms with Crippen LogP contribution in [0.4, 0.5) is 0 Å². The molecule has 0 radical (unpaired) electrons. The molecular weight excluding hydrogens is 911 g/mol. The molecule has 1 aromatic heterocycles. The summed E-state index contributed by atoms with van der Waals surface area (Å²) in [5.74, 6) is 3.63. The summed E-state index contributed by atoms with van der Waals surface area (Å²) in [6.07, 6.45) is 0. The quantitative estimate of drug-likeness (QED) is 0.165. The molecule has 0 amide bonds. The molecule has 2 aliphatic carbocycles. The molecule has 3 aliphatic rings. The summed E-state index contributed by atoms with van der Waals surface area (Å²) in [7, 11) is 0. The highest BCUT2D eigenvalue weighted by Crippen LogP contribution is 2.67. The van der Waals surface area contributed by atoms with Gasteiger partial charge in [0.25, 0.3) is 0 Å². The number of hydrogen-bond acceptors (Lipinski definition) is 4. The smallest absolute Gasteiger partial charge is 0.164 e. The van der Waals surface area contributed by atoms with E-state index in [1.165, 1.54) is 76.8 Å². The summed E-state index contributed by atoms with van der Waals surface area (Å²) in [5, 5.41) is 7.28. The fraction of sp³-hybridized carbons (Fsp3) is 0.0282. The maximum Gasteiger partial charge on any atom is 0.164 e. The highest BCUT2D eigenvalue weighted by Gasteiger charge is 2.58. The lowest BCUT2D eigenvalue weighted by molar-refractivity contribution is 0.429. The van der Waals surface area contributed by atoms with Gasteiger partial charge >= 0.3 is 0 Å². The zero-order valence-corrected chi connectivity index (χ0v) is 40.6. The summed E-state index contributed by atoms with van der Waals surface area (Å²) in [6.45, 7) is 0. The third kappa shape index (κ3) is 5.74. The highest BCUT2D eigenvalue weighted by atomic mass is 16.5. The van der Waals surface area contributed by atoms with Crippen molar-refractivity contribution in [1.82, 2.24) is 15.0 Å². The van der Waals surface area contributed by atoms with Crippen LogP contribution in [-0.2, 0) is 10.8 Å². The minimum Gasteiger partial charge on any atom is -0.457 e. The van der Waals surface area contributed by atoms with E-state index in [1.54, 1.807) is 0 Å². The number of nitrogens with zero attached hydrogens (tertiary/aromatic N) is 3. The highest BCUT2D eigenvalue weighted by molar-refractivity contribution is 6.25. The van der Waals surface area contributed by atoms with Gasteiger partial charge in [0.05, 0.1) is 10.8 Å². The molecule has 2 spiro atoms. The standard InChI is InChI=1S/C71H43N3O/c1-2-20-44(21-3-1)67-72-68(46-38-40-52-50-25-6-5-23-48(50)49-24-7-8-26-51(49)55(52)43-46)74-69(73-67)54-28-9-4-22-47(54)45-39-41-58-56(42-45)53-27-10-11-29-57(53)70(58)59-30-12-14-32-61(59)71(62-33-15-13-31-60(62)70)63-34-16-18-36-65(63)75-66-37-19-17-35-64(66)71/h1-43H. The van der Waals surface area contributed by atoms with Crippen molar-refractivity contribution in [2.75, 3.05) is 0 Å². The van der Waals surface area contributed by atoms with Crippen LogP contribution < -0.4 is 4.74 Å². The first kappa shape index (κ1) is 41.8. The maximum atomic E-state index is 6.75. The molecule has 1 aliphatic heterocycles. The average molecular weight is 954 g/mol. The molecule has 13 aromatic rings. The number of rotatable bonds is 4. The van der Waals surface area contributed by atoms with Crippen LogP contribution >= 0.6 is 0 Å². The molecule has 0 saturated carbocycles. The molecule has 12 aromatic carbocycles. The van der Waals surface area contributed by atoms with Crippen LogP contribution in [0.2, 0.25) is 0 Å².